The summed E-state index contributed by atoms with van der Waals surface area (Å²) in [4.78, 5) is 10.3. The second-order valence-electron chi connectivity index (χ2n) is 4.53. The van der Waals surface area contributed by atoms with Crippen LogP contribution in [0.4, 0.5) is 0 Å². The van der Waals surface area contributed by atoms with Crippen molar-refractivity contribution in [2.75, 3.05) is 0 Å². The van der Waals surface area contributed by atoms with Crippen molar-refractivity contribution in [1.29, 1.82) is 0 Å². The summed E-state index contributed by atoms with van der Waals surface area (Å²) in [5.74, 6) is -0.729. The third-order valence-corrected chi connectivity index (χ3v) is 2.73. The summed E-state index contributed by atoms with van der Waals surface area (Å²) in [6.07, 6.45) is 16.8. The summed E-state index contributed by atoms with van der Waals surface area (Å²) >= 11 is 0. The molecule has 0 fully saturated rings. The molecule has 0 rings (SSSR count). The van der Waals surface area contributed by atoms with Crippen LogP contribution in [0.25, 0.3) is 0 Å². The van der Waals surface area contributed by atoms with Crippen LogP contribution in [0.1, 0.15) is 51.9 Å². The molecule has 1 atom stereocenters. The molecule has 19 heavy (non-hydrogen) atoms. The van der Waals surface area contributed by atoms with E-state index in [1.807, 2.05) is 31.2 Å². The van der Waals surface area contributed by atoms with Gasteiger partial charge in [-0.15, -0.1) is 0 Å². The van der Waals surface area contributed by atoms with Gasteiger partial charge in [-0.3, -0.25) is 4.79 Å². The summed E-state index contributed by atoms with van der Waals surface area (Å²) in [6.45, 7) is 1.99. The van der Waals surface area contributed by atoms with Gasteiger partial charge >= 0.3 is 5.97 Å². The van der Waals surface area contributed by atoms with Crippen molar-refractivity contribution in [1.82, 2.24) is 0 Å². The number of allylic oxidation sites excluding steroid dienone is 5. The summed E-state index contributed by atoms with van der Waals surface area (Å²) in [5.41, 5.74) is 0. The lowest BCUT2D eigenvalue weighted by Crippen LogP contribution is -2.01. The highest BCUT2D eigenvalue weighted by atomic mass is 16.4. The number of carboxylic acid groups (broad SMARTS) is 1. The minimum absolute atomic E-state index is 0.249. The average Bonchev–Trinajstić information content (AvgIpc) is 2.37. The van der Waals surface area contributed by atoms with Gasteiger partial charge in [-0.05, 0) is 26.2 Å². The van der Waals surface area contributed by atoms with Gasteiger partial charge in [0.2, 0.25) is 0 Å². The monoisotopic (exact) mass is 266 g/mol. The third-order valence-electron chi connectivity index (χ3n) is 2.73. The smallest absolute Gasteiger partial charge is 0.303 e. The van der Waals surface area contributed by atoms with Crippen molar-refractivity contribution < 1.29 is 15.0 Å². The van der Waals surface area contributed by atoms with Gasteiger partial charge < -0.3 is 10.2 Å². The second-order valence-corrected chi connectivity index (χ2v) is 4.53. The van der Waals surface area contributed by atoms with Crippen LogP contribution in [-0.2, 0) is 4.79 Å². The molecule has 0 heterocycles. The highest BCUT2D eigenvalue weighted by molar-refractivity contribution is 5.66. The van der Waals surface area contributed by atoms with Crippen LogP contribution >= 0.6 is 0 Å². The lowest BCUT2D eigenvalue weighted by molar-refractivity contribution is -0.137. The number of aliphatic hydroxyl groups is 1. The molecule has 0 radical (unpaired) electrons. The Hall–Kier alpha value is -1.35. The molecule has 3 nitrogen and oxygen atoms in total. The van der Waals surface area contributed by atoms with Gasteiger partial charge in [-0.2, -0.15) is 0 Å². The molecule has 0 aliphatic heterocycles. The molecular formula is C16H26O3. The van der Waals surface area contributed by atoms with Crippen molar-refractivity contribution >= 4 is 5.97 Å². The third kappa shape index (κ3) is 14.6. The number of hydrogen-bond donors (Lipinski definition) is 2. The van der Waals surface area contributed by atoms with Gasteiger partial charge in [0.05, 0.1) is 6.10 Å². The van der Waals surface area contributed by atoms with E-state index in [0.717, 1.165) is 38.5 Å². The van der Waals surface area contributed by atoms with E-state index in [1.165, 1.54) is 0 Å². The Labute approximate surface area is 116 Å². The number of rotatable bonds is 11. The fraction of sp³-hybridized carbons (Fsp3) is 0.562. The van der Waals surface area contributed by atoms with Gasteiger partial charge in [-0.25, -0.2) is 0 Å². The minimum atomic E-state index is -0.729. The van der Waals surface area contributed by atoms with Crippen LogP contribution in [-0.4, -0.2) is 22.3 Å². The quantitative estimate of drug-likeness (QED) is 0.339. The fourth-order valence-corrected chi connectivity index (χ4v) is 1.64. The normalized spacial score (nSPS) is 13.8. The number of carboxylic acids is 1. The van der Waals surface area contributed by atoms with Gasteiger partial charge in [0, 0.05) is 6.42 Å². The molecule has 0 spiro atoms. The van der Waals surface area contributed by atoms with Gasteiger partial charge in [0.1, 0.15) is 0 Å². The topological polar surface area (TPSA) is 57.5 Å². The lowest BCUT2D eigenvalue weighted by Gasteiger charge is -2.04. The first-order valence-corrected chi connectivity index (χ1v) is 7.01. The molecule has 1 unspecified atom stereocenters. The Morgan fingerprint density at radius 1 is 1.11 bits per heavy atom. The first kappa shape index (κ1) is 17.6. The Balaban J connectivity index is 3.47. The second kappa shape index (κ2) is 13.1. The molecule has 0 amide bonds. The minimum Gasteiger partial charge on any atom is -0.481 e. The molecule has 3 heteroatoms. The lowest BCUT2D eigenvalue weighted by atomic mass is 10.1. The molecule has 0 aromatic rings. The zero-order chi connectivity index (χ0) is 14.3. The highest BCUT2D eigenvalue weighted by Gasteiger charge is 1.99. The maximum atomic E-state index is 10.3. The zero-order valence-corrected chi connectivity index (χ0v) is 11.8. The van der Waals surface area contributed by atoms with E-state index in [0.29, 0.717) is 0 Å². The molecule has 0 aliphatic rings. The van der Waals surface area contributed by atoms with Crippen LogP contribution in [0, 0.1) is 0 Å². The molecule has 0 aromatic heterocycles. The van der Waals surface area contributed by atoms with Crippen molar-refractivity contribution in [3.8, 4) is 0 Å². The summed E-state index contributed by atoms with van der Waals surface area (Å²) in [7, 11) is 0. The van der Waals surface area contributed by atoms with E-state index >= 15 is 0 Å². The molecule has 0 aliphatic carbocycles. The van der Waals surface area contributed by atoms with Gasteiger partial charge in [0.25, 0.3) is 0 Å². The molecular weight excluding hydrogens is 240 g/mol. The number of aliphatic hydroxyl groups excluding tert-OH is 1. The SMILES string of the molecule is CC=CCC=CC=CC(O)CCCCCCC(=O)O. The Kier molecular flexibility index (Phi) is 12.2. The number of hydrogen-bond acceptors (Lipinski definition) is 2. The zero-order valence-electron chi connectivity index (χ0n) is 11.8. The summed E-state index contributed by atoms with van der Waals surface area (Å²) in [6, 6.07) is 0. The first-order valence-electron chi connectivity index (χ1n) is 7.01. The van der Waals surface area contributed by atoms with E-state index in [-0.39, 0.29) is 6.42 Å². The Morgan fingerprint density at radius 3 is 2.53 bits per heavy atom. The molecule has 0 aromatic carbocycles. The molecule has 0 bridgehead atoms. The van der Waals surface area contributed by atoms with Gasteiger partial charge in [0.15, 0.2) is 0 Å². The largest absolute Gasteiger partial charge is 0.481 e. The van der Waals surface area contributed by atoms with Crippen molar-refractivity contribution in [2.45, 2.75) is 58.0 Å². The van der Waals surface area contributed by atoms with E-state index in [2.05, 4.69) is 6.08 Å². The highest BCUT2D eigenvalue weighted by Crippen LogP contribution is 2.08. The van der Waals surface area contributed by atoms with E-state index in [1.54, 1.807) is 6.08 Å². The molecule has 108 valence electrons. The van der Waals surface area contributed by atoms with E-state index in [9.17, 15) is 9.90 Å². The first-order chi connectivity index (χ1) is 9.16. The maximum absolute atomic E-state index is 10.3. The standard InChI is InChI=1S/C16H26O3/c1-2-3-4-5-6-9-12-15(17)13-10-7-8-11-14-16(18)19/h2-3,5-6,9,12,15,17H,4,7-8,10-11,13-14H2,1H3,(H,18,19). The summed E-state index contributed by atoms with van der Waals surface area (Å²) < 4.78 is 0. The molecule has 0 saturated carbocycles. The van der Waals surface area contributed by atoms with Crippen LogP contribution in [0.15, 0.2) is 36.5 Å². The van der Waals surface area contributed by atoms with Crippen molar-refractivity contribution in [3.63, 3.8) is 0 Å². The van der Waals surface area contributed by atoms with Gasteiger partial charge in [-0.1, -0.05) is 55.7 Å². The van der Waals surface area contributed by atoms with E-state index < -0.39 is 12.1 Å². The molecule has 0 saturated heterocycles. The Bertz CT molecular complexity index is 303. The fourth-order valence-electron chi connectivity index (χ4n) is 1.64. The number of aliphatic carboxylic acids is 1. The van der Waals surface area contributed by atoms with Crippen LogP contribution < -0.4 is 0 Å². The molecule has 2 N–H and O–H groups in total. The summed E-state index contributed by atoms with van der Waals surface area (Å²) in [5, 5.41) is 18.1. The van der Waals surface area contributed by atoms with Crippen LogP contribution in [0.2, 0.25) is 0 Å². The van der Waals surface area contributed by atoms with E-state index in [4.69, 9.17) is 5.11 Å². The van der Waals surface area contributed by atoms with Crippen molar-refractivity contribution in [3.05, 3.63) is 36.5 Å². The van der Waals surface area contributed by atoms with Crippen LogP contribution in [0.3, 0.4) is 0 Å². The number of carbonyl (C=O) groups is 1. The number of unbranched alkanes of at least 4 members (excludes halogenated alkanes) is 3. The van der Waals surface area contributed by atoms with Crippen molar-refractivity contribution in [2.24, 2.45) is 0 Å². The predicted molar refractivity (Wildman–Crippen MR) is 79.1 cm³/mol. The van der Waals surface area contributed by atoms with Crippen LogP contribution in [0.5, 0.6) is 0 Å². The average molecular weight is 266 g/mol. The predicted octanol–water partition coefficient (Wildman–Crippen LogP) is 3.85. The maximum Gasteiger partial charge on any atom is 0.303 e. The Morgan fingerprint density at radius 2 is 1.84 bits per heavy atom.